The molecule has 6 heteroatoms. The van der Waals surface area contributed by atoms with E-state index in [1.54, 1.807) is 7.11 Å². The second-order valence-corrected chi connectivity index (χ2v) is 6.34. The Balaban J connectivity index is 1.54. The van der Waals surface area contributed by atoms with Crippen LogP contribution in [0.15, 0.2) is 48.7 Å². The Bertz CT molecular complexity index is 700. The Kier molecular flexibility index (Phi) is 5.50. The average Bonchev–Trinajstić information content (AvgIpc) is 2.68. The molecule has 2 aromatic rings. The molecule has 1 fully saturated rings. The van der Waals surface area contributed by atoms with Gasteiger partial charge in [0.05, 0.1) is 13.3 Å². The summed E-state index contributed by atoms with van der Waals surface area (Å²) in [7, 11) is 1.62. The third kappa shape index (κ3) is 4.28. The lowest BCUT2D eigenvalue weighted by Gasteiger charge is -2.31. The van der Waals surface area contributed by atoms with Gasteiger partial charge in [-0.1, -0.05) is 12.1 Å². The number of nitrogens with zero attached hydrogens (tertiary/aromatic N) is 1. The highest BCUT2D eigenvalue weighted by Crippen LogP contribution is 2.16. The number of ether oxygens (including phenoxy) is 1. The number of methoxy groups -OCH3 is 1. The van der Waals surface area contributed by atoms with E-state index in [1.807, 2.05) is 49.5 Å². The minimum absolute atomic E-state index is 0.0444. The molecular formula is C19H26N4O2+2. The van der Waals surface area contributed by atoms with Gasteiger partial charge in [-0.3, -0.25) is 9.69 Å². The fraction of sp³-hybridized carbons (Fsp3) is 0.368. The normalized spacial score (nSPS) is 16.3. The van der Waals surface area contributed by atoms with Crippen LogP contribution in [0.3, 0.4) is 0 Å². The van der Waals surface area contributed by atoms with Gasteiger partial charge in [0.2, 0.25) is 0 Å². The van der Waals surface area contributed by atoms with Crippen LogP contribution < -0.4 is 24.8 Å². The molecule has 0 saturated carbocycles. The maximum atomic E-state index is 12.6. The van der Waals surface area contributed by atoms with Crippen molar-refractivity contribution in [2.75, 3.05) is 43.5 Å². The van der Waals surface area contributed by atoms with Crippen LogP contribution in [0.25, 0.3) is 0 Å². The van der Waals surface area contributed by atoms with Gasteiger partial charge in [0.1, 0.15) is 31.9 Å². The highest BCUT2D eigenvalue weighted by molar-refractivity contribution is 5.93. The lowest BCUT2D eigenvalue weighted by atomic mass is 10.2. The number of pyridine rings is 1. The Labute approximate surface area is 148 Å². The predicted octanol–water partition coefficient (Wildman–Crippen LogP) is 0.241. The molecule has 1 aromatic carbocycles. The van der Waals surface area contributed by atoms with E-state index in [0.29, 0.717) is 0 Å². The van der Waals surface area contributed by atoms with E-state index in [0.717, 1.165) is 43.4 Å². The number of H-pyrrole nitrogens is 1. The van der Waals surface area contributed by atoms with E-state index < -0.39 is 0 Å². The van der Waals surface area contributed by atoms with E-state index in [9.17, 15) is 4.79 Å². The van der Waals surface area contributed by atoms with Gasteiger partial charge in [-0.25, -0.2) is 4.98 Å². The molecular weight excluding hydrogens is 316 g/mol. The average molecular weight is 342 g/mol. The number of benzene rings is 1. The fourth-order valence-corrected chi connectivity index (χ4v) is 3.19. The van der Waals surface area contributed by atoms with Crippen LogP contribution in [0.5, 0.6) is 5.75 Å². The van der Waals surface area contributed by atoms with E-state index in [4.69, 9.17) is 4.74 Å². The fourth-order valence-electron chi connectivity index (χ4n) is 3.19. The third-order valence-electron chi connectivity index (χ3n) is 4.78. The molecule has 132 valence electrons. The van der Waals surface area contributed by atoms with Gasteiger partial charge in [-0.15, -0.1) is 0 Å². The summed E-state index contributed by atoms with van der Waals surface area (Å²) in [5, 5.41) is 3.00. The summed E-state index contributed by atoms with van der Waals surface area (Å²) < 4.78 is 5.20. The predicted molar refractivity (Wildman–Crippen MR) is 97.0 cm³/mol. The number of quaternary nitrogens is 1. The number of carbonyl (C=O) groups excluding carboxylic acids is 1. The van der Waals surface area contributed by atoms with Gasteiger partial charge in [-0.05, 0) is 25.1 Å². The molecule has 3 N–H and O–H groups in total. The number of rotatable bonds is 5. The zero-order valence-electron chi connectivity index (χ0n) is 14.8. The molecule has 0 unspecified atom stereocenters. The number of hydrogen-bond donors (Lipinski definition) is 2. The molecule has 1 aromatic heterocycles. The van der Waals surface area contributed by atoms with E-state index in [2.05, 4.69) is 21.3 Å². The summed E-state index contributed by atoms with van der Waals surface area (Å²) in [6.07, 6.45) is 1.94. The van der Waals surface area contributed by atoms with Gasteiger partial charge >= 0.3 is 0 Å². The maximum absolute atomic E-state index is 12.6. The van der Waals surface area contributed by atoms with Crippen molar-refractivity contribution in [3.63, 3.8) is 0 Å². The number of aromatic nitrogens is 1. The van der Waals surface area contributed by atoms with Crippen LogP contribution >= 0.6 is 0 Å². The summed E-state index contributed by atoms with van der Waals surface area (Å²) in [5.74, 6) is 1.92. The second kappa shape index (κ2) is 7.98. The standard InChI is InChI=1S/C19H24N4O2/c1-15(19(24)21-16-6-5-7-17(14-16)25-2)22-10-12-23(13-11-22)18-8-3-4-9-20-18/h3-9,14-15H,10-13H2,1-2H3,(H,21,24)/p+2/t15-/m1/s1. The first-order valence-corrected chi connectivity index (χ1v) is 8.68. The van der Waals surface area contributed by atoms with Gasteiger partial charge < -0.3 is 15.0 Å². The van der Waals surface area contributed by atoms with Crippen molar-refractivity contribution in [1.82, 2.24) is 0 Å². The molecule has 0 spiro atoms. The summed E-state index contributed by atoms with van der Waals surface area (Å²) in [4.78, 5) is 19.5. The molecule has 25 heavy (non-hydrogen) atoms. The van der Waals surface area contributed by atoms with Gasteiger partial charge in [0.15, 0.2) is 6.04 Å². The van der Waals surface area contributed by atoms with Crippen LogP contribution in [0.1, 0.15) is 6.92 Å². The van der Waals surface area contributed by atoms with Gasteiger partial charge in [-0.2, -0.15) is 0 Å². The summed E-state index contributed by atoms with van der Waals surface area (Å²) >= 11 is 0. The van der Waals surface area contributed by atoms with Crippen LogP contribution in [-0.2, 0) is 4.79 Å². The third-order valence-corrected chi connectivity index (χ3v) is 4.78. The number of amides is 1. The highest BCUT2D eigenvalue weighted by atomic mass is 16.5. The van der Waals surface area contributed by atoms with Crippen molar-refractivity contribution in [1.29, 1.82) is 0 Å². The Morgan fingerprint density at radius 3 is 2.72 bits per heavy atom. The van der Waals surface area contributed by atoms with Gasteiger partial charge in [0, 0.05) is 17.8 Å². The molecule has 1 amide bonds. The summed E-state index contributed by atoms with van der Waals surface area (Å²) in [6.45, 7) is 5.75. The minimum atomic E-state index is -0.0897. The van der Waals surface area contributed by atoms with Crippen LogP contribution in [0.4, 0.5) is 11.5 Å². The zero-order valence-corrected chi connectivity index (χ0v) is 14.8. The quantitative estimate of drug-likeness (QED) is 0.818. The molecule has 1 saturated heterocycles. The number of nitrogens with one attached hydrogen (secondary N) is 3. The van der Waals surface area contributed by atoms with Crippen molar-refractivity contribution >= 4 is 17.4 Å². The van der Waals surface area contributed by atoms with E-state index >= 15 is 0 Å². The number of hydrogen-bond acceptors (Lipinski definition) is 3. The minimum Gasteiger partial charge on any atom is -0.497 e. The maximum Gasteiger partial charge on any atom is 0.282 e. The molecule has 1 aliphatic heterocycles. The van der Waals surface area contributed by atoms with Crippen molar-refractivity contribution in [2.24, 2.45) is 0 Å². The number of aromatic amines is 1. The highest BCUT2D eigenvalue weighted by Gasteiger charge is 2.32. The monoisotopic (exact) mass is 342 g/mol. The smallest absolute Gasteiger partial charge is 0.282 e. The van der Waals surface area contributed by atoms with Crippen molar-refractivity contribution in [3.8, 4) is 5.75 Å². The molecule has 0 radical (unpaired) electrons. The van der Waals surface area contributed by atoms with Crippen molar-refractivity contribution < 1.29 is 19.4 Å². The van der Waals surface area contributed by atoms with Crippen LogP contribution in [0, 0.1) is 0 Å². The lowest BCUT2D eigenvalue weighted by Crippen LogP contribution is -3.19. The molecule has 0 aliphatic carbocycles. The lowest BCUT2D eigenvalue weighted by molar-refractivity contribution is -0.914. The topological polar surface area (TPSA) is 60.1 Å². The van der Waals surface area contributed by atoms with Crippen LogP contribution in [-0.4, -0.2) is 45.2 Å². The van der Waals surface area contributed by atoms with Crippen molar-refractivity contribution in [3.05, 3.63) is 48.7 Å². The number of carbonyl (C=O) groups is 1. The largest absolute Gasteiger partial charge is 0.497 e. The van der Waals surface area contributed by atoms with Crippen LogP contribution in [0.2, 0.25) is 0 Å². The summed E-state index contributed by atoms with van der Waals surface area (Å²) in [6, 6.07) is 13.5. The summed E-state index contributed by atoms with van der Waals surface area (Å²) in [5.41, 5.74) is 0.771. The SMILES string of the molecule is COc1cccc(NC(=O)[C@@H](C)[NH+]2CCN(c3cccc[nH+]3)CC2)c1. The number of piperazine rings is 1. The molecule has 0 bridgehead atoms. The first-order chi connectivity index (χ1) is 12.2. The van der Waals surface area contributed by atoms with Crippen molar-refractivity contribution in [2.45, 2.75) is 13.0 Å². The van der Waals surface area contributed by atoms with E-state index in [1.165, 1.54) is 4.90 Å². The Hall–Kier alpha value is -2.60. The molecule has 6 nitrogen and oxygen atoms in total. The molecule has 1 aliphatic rings. The first-order valence-electron chi connectivity index (χ1n) is 8.68. The molecule has 1 atom stereocenters. The Morgan fingerprint density at radius 2 is 2.04 bits per heavy atom. The van der Waals surface area contributed by atoms with E-state index in [-0.39, 0.29) is 11.9 Å². The first kappa shape index (κ1) is 17.2. The van der Waals surface area contributed by atoms with Gasteiger partial charge in [0.25, 0.3) is 11.7 Å². The molecule has 2 heterocycles. The molecule has 3 rings (SSSR count). The number of anilines is 2. The Morgan fingerprint density at radius 1 is 1.24 bits per heavy atom. The zero-order chi connectivity index (χ0) is 17.6. The second-order valence-electron chi connectivity index (χ2n) is 6.34.